The fourth-order valence-corrected chi connectivity index (χ4v) is 2.18. The second-order valence-corrected chi connectivity index (χ2v) is 4.17. The summed E-state index contributed by atoms with van der Waals surface area (Å²) in [4.78, 5) is 17.0. The van der Waals surface area contributed by atoms with Crippen molar-refractivity contribution < 1.29 is 4.74 Å². The molecule has 0 atom stereocenters. The highest BCUT2D eigenvalue weighted by Gasteiger charge is 2.11. The lowest BCUT2D eigenvalue weighted by atomic mass is 10.2. The lowest BCUT2D eigenvalue weighted by Crippen LogP contribution is -2.36. The summed E-state index contributed by atoms with van der Waals surface area (Å²) in [6, 6.07) is 7.47. The SMILES string of the molecule is O=c1cc[nH]c2cc(N3CCOCC3)ccc12. The number of aromatic nitrogens is 1. The van der Waals surface area contributed by atoms with Gasteiger partial charge in [-0.15, -0.1) is 0 Å². The van der Waals surface area contributed by atoms with Gasteiger partial charge in [-0.25, -0.2) is 0 Å². The Hall–Kier alpha value is -1.81. The highest BCUT2D eigenvalue weighted by atomic mass is 16.5. The van der Waals surface area contributed by atoms with Crippen LogP contribution in [-0.2, 0) is 4.74 Å². The van der Waals surface area contributed by atoms with Crippen LogP contribution in [0.4, 0.5) is 5.69 Å². The predicted molar refractivity (Wildman–Crippen MR) is 67.6 cm³/mol. The van der Waals surface area contributed by atoms with E-state index in [1.54, 1.807) is 12.3 Å². The number of fused-ring (bicyclic) bond motifs is 1. The maximum atomic E-state index is 11.6. The Morgan fingerprint density at radius 3 is 2.82 bits per heavy atom. The number of H-pyrrole nitrogens is 1. The van der Waals surface area contributed by atoms with Gasteiger partial charge in [-0.2, -0.15) is 0 Å². The van der Waals surface area contributed by atoms with Crippen LogP contribution in [-0.4, -0.2) is 31.3 Å². The van der Waals surface area contributed by atoms with Crippen molar-refractivity contribution >= 4 is 16.6 Å². The van der Waals surface area contributed by atoms with Crippen molar-refractivity contribution in [3.63, 3.8) is 0 Å². The van der Waals surface area contributed by atoms with E-state index in [2.05, 4.69) is 9.88 Å². The van der Waals surface area contributed by atoms with Crippen LogP contribution in [0.1, 0.15) is 0 Å². The van der Waals surface area contributed by atoms with Gasteiger partial charge in [0.05, 0.1) is 18.7 Å². The smallest absolute Gasteiger partial charge is 0.189 e. The summed E-state index contributed by atoms with van der Waals surface area (Å²) in [5, 5.41) is 0.740. The third-order valence-corrected chi connectivity index (χ3v) is 3.12. The van der Waals surface area contributed by atoms with Crippen LogP contribution in [0.25, 0.3) is 10.9 Å². The van der Waals surface area contributed by atoms with Crippen molar-refractivity contribution in [3.05, 3.63) is 40.7 Å². The zero-order valence-corrected chi connectivity index (χ0v) is 9.48. The number of aromatic amines is 1. The van der Waals surface area contributed by atoms with Crippen LogP contribution < -0.4 is 10.3 Å². The van der Waals surface area contributed by atoms with Gasteiger partial charge < -0.3 is 14.6 Å². The number of nitrogens with zero attached hydrogens (tertiary/aromatic N) is 1. The first-order valence-corrected chi connectivity index (χ1v) is 5.79. The number of morpholine rings is 1. The van der Waals surface area contributed by atoms with Crippen LogP contribution in [0.2, 0.25) is 0 Å². The van der Waals surface area contributed by atoms with Crippen molar-refractivity contribution in [3.8, 4) is 0 Å². The summed E-state index contributed by atoms with van der Waals surface area (Å²) < 4.78 is 5.33. The van der Waals surface area contributed by atoms with E-state index in [0.29, 0.717) is 0 Å². The predicted octanol–water partition coefficient (Wildman–Crippen LogP) is 1.36. The number of pyridine rings is 1. The first-order chi connectivity index (χ1) is 8.34. The molecule has 1 fully saturated rings. The molecule has 1 aromatic heterocycles. The van der Waals surface area contributed by atoms with Gasteiger partial charge >= 0.3 is 0 Å². The molecule has 0 spiro atoms. The molecule has 0 unspecified atom stereocenters. The summed E-state index contributed by atoms with van der Waals surface area (Å²) >= 11 is 0. The Morgan fingerprint density at radius 2 is 2.00 bits per heavy atom. The van der Waals surface area contributed by atoms with Crippen molar-refractivity contribution in [2.75, 3.05) is 31.2 Å². The highest BCUT2D eigenvalue weighted by molar-refractivity contribution is 5.82. The summed E-state index contributed by atoms with van der Waals surface area (Å²) in [5.74, 6) is 0. The molecular weight excluding hydrogens is 216 g/mol. The first-order valence-electron chi connectivity index (χ1n) is 5.79. The van der Waals surface area contributed by atoms with E-state index in [0.717, 1.165) is 42.9 Å². The third-order valence-electron chi connectivity index (χ3n) is 3.12. The maximum Gasteiger partial charge on any atom is 0.189 e. The molecule has 1 aliphatic rings. The summed E-state index contributed by atoms with van der Waals surface area (Å²) in [6.07, 6.45) is 1.69. The van der Waals surface area contributed by atoms with Crippen molar-refractivity contribution in [2.24, 2.45) is 0 Å². The van der Waals surface area contributed by atoms with Crippen LogP contribution in [0.3, 0.4) is 0 Å². The quantitative estimate of drug-likeness (QED) is 0.804. The number of ether oxygens (including phenoxy) is 1. The molecule has 2 aromatic rings. The van der Waals surface area contributed by atoms with Crippen LogP contribution in [0.5, 0.6) is 0 Å². The third kappa shape index (κ3) is 1.91. The molecule has 1 N–H and O–H groups in total. The Bertz CT molecular complexity index is 585. The normalized spacial score (nSPS) is 16.4. The molecule has 1 aliphatic heterocycles. The molecule has 1 saturated heterocycles. The Balaban J connectivity index is 2.04. The Kier molecular flexibility index (Phi) is 2.57. The standard InChI is InChI=1S/C13H14N2O2/c16-13-3-4-14-12-9-10(1-2-11(12)13)15-5-7-17-8-6-15/h1-4,9H,5-8H2,(H,14,16). The highest BCUT2D eigenvalue weighted by Crippen LogP contribution is 2.19. The van der Waals surface area contributed by atoms with Crippen molar-refractivity contribution in [1.29, 1.82) is 0 Å². The monoisotopic (exact) mass is 230 g/mol. The number of hydrogen-bond acceptors (Lipinski definition) is 3. The van der Waals surface area contributed by atoms with Gasteiger partial charge in [0.15, 0.2) is 5.43 Å². The van der Waals surface area contributed by atoms with E-state index in [4.69, 9.17) is 4.74 Å². The lowest BCUT2D eigenvalue weighted by Gasteiger charge is -2.28. The van der Waals surface area contributed by atoms with Gasteiger partial charge in [0.2, 0.25) is 0 Å². The number of benzene rings is 1. The van der Waals surface area contributed by atoms with E-state index >= 15 is 0 Å². The molecule has 3 rings (SSSR count). The van der Waals surface area contributed by atoms with E-state index < -0.39 is 0 Å². The molecule has 0 radical (unpaired) electrons. The molecule has 0 saturated carbocycles. The summed E-state index contributed by atoms with van der Waals surface area (Å²) in [7, 11) is 0. The van der Waals surface area contributed by atoms with Crippen molar-refractivity contribution in [1.82, 2.24) is 4.98 Å². The minimum absolute atomic E-state index is 0.0623. The van der Waals surface area contributed by atoms with Gasteiger partial charge in [-0.05, 0) is 18.2 Å². The maximum absolute atomic E-state index is 11.6. The van der Waals surface area contributed by atoms with Gasteiger partial charge in [-0.1, -0.05) is 0 Å². The molecule has 2 heterocycles. The van der Waals surface area contributed by atoms with E-state index in [9.17, 15) is 4.79 Å². The summed E-state index contributed by atoms with van der Waals surface area (Å²) in [5.41, 5.74) is 2.09. The number of anilines is 1. The van der Waals surface area contributed by atoms with Gasteiger partial charge in [0, 0.05) is 36.4 Å². The average molecular weight is 230 g/mol. The molecule has 0 bridgehead atoms. The molecule has 0 aliphatic carbocycles. The van der Waals surface area contributed by atoms with Gasteiger partial charge in [0.25, 0.3) is 0 Å². The van der Waals surface area contributed by atoms with Gasteiger partial charge in [0.1, 0.15) is 0 Å². The first kappa shape index (κ1) is 10.4. The average Bonchev–Trinajstić information content (AvgIpc) is 2.40. The fourth-order valence-electron chi connectivity index (χ4n) is 2.18. The fraction of sp³-hybridized carbons (Fsp3) is 0.308. The number of hydrogen-bond donors (Lipinski definition) is 1. The van der Waals surface area contributed by atoms with Gasteiger partial charge in [-0.3, -0.25) is 4.79 Å². The number of nitrogens with one attached hydrogen (secondary N) is 1. The Morgan fingerprint density at radius 1 is 1.18 bits per heavy atom. The lowest BCUT2D eigenvalue weighted by molar-refractivity contribution is 0.122. The molecule has 1 aromatic carbocycles. The summed E-state index contributed by atoms with van der Waals surface area (Å²) in [6.45, 7) is 3.35. The zero-order chi connectivity index (χ0) is 11.7. The largest absolute Gasteiger partial charge is 0.378 e. The van der Waals surface area contributed by atoms with Crippen LogP contribution in [0.15, 0.2) is 35.3 Å². The second-order valence-electron chi connectivity index (χ2n) is 4.17. The van der Waals surface area contributed by atoms with E-state index in [-0.39, 0.29) is 5.43 Å². The van der Waals surface area contributed by atoms with E-state index in [1.807, 2.05) is 18.2 Å². The second kappa shape index (κ2) is 4.22. The van der Waals surface area contributed by atoms with Crippen molar-refractivity contribution in [2.45, 2.75) is 0 Å². The zero-order valence-electron chi connectivity index (χ0n) is 9.48. The molecule has 17 heavy (non-hydrogen) atoms. The Labute approximate surface area is 98.8 Å². The number of rotatable bonds is 1. The van der Waals surface area contributed by atoms with E-state index in [1.165, 1.54) is 0 Å². The molecule has 4 nitrogen and oxygen atoms in total. The minimum Gasteiger partial charge on any atom is -0.378 e. The minimum atomic E-state index is 0.0623. The molecule has 4 heteroatoms. The molecule has 0 amide bonds. The molecule has 88 valence electrons. The van der Waals surface area contributed by atoms with Crippen LogP contribution >= 0.6 is 0 Å². The topological polar surface area (TPSA) is 45.3 Å². The van der Waals surface area contributed by atoms with Crippen LogP contribution in [0, 0.1) is 0 Å². The molecular formula is C13H14N2O2.